The maximum atomic E-state index is 8.52. The average Bonchev–Trinajstić information content (AvgIpc) is 1.54. The largest absolute Gasteiger partial charge is 3.00 e. The van der Waals surface area contributed by atoms with Gasteiger partial charge in [0.2, 0.25) is 44.4 Å². The van der Waals surface area contributed by atoms with E-state index in [1.165, 1.54) is 0 Å². The summed E-state index contributed by atoms with van der Waals surface area (Å²) in [4.78, 5) is 0. The van der Waals surface area contributed by atoms with Gasteiger partial charge in [-0.15, -0.1) is 0 Å². The molecule has 13 heavy (non-hydrogen) atoms. The molecule has 9 nitrogen and oxygen atoms in total. The van der Waals surface area contributed by atoms with Gasteiger partial charge >= 0.3 is 37.3 Å². The van der Waals surface area contributed by atoms with Crippen LogP contribution in [0, 0.1) is 81.7 Å². The van der Waals surface area contributed by atoms with Gasteiger partial charge in [-0.1, -0.05) is 0 Å². The smallest absolute Gasteiger partial charge is 0.405 e. The van der Waals surface area contributed by atoms with Crippen LogP contribution in [0.15, 0.2) is 0 Å². The van der Waals surface area contributed by atoms with Crippen molar-refractivity contribution < 1.29 is 120 Å². The summed E-state index contributed by atoms with van der Waals surface area (Å²) >= 11 is -10.9. The first-order valence-corrected chi connectivity index (χ1v) is 7.22. The Balaban J connectivity index is -0.0000000450. The molecule has 87 valence electrons. The molecule has 0 heterocycles. The van der Waals surface area contributed by atoms with Crippen molar-refractivity contribution in [2.45, 2.75) is 0 Å². The van der Waals surface area contributed by atoms with Crippen LogP contribution in [0.25, 0.3) is 0 Å². The molecule has 0 aromatic rings. The Morgan fingerprint density at radius 3 is 0.385 bits per heavy atom. The molecule has 0 N–H and O–H groups in total. The first-order valence-electron chi connectivity index (χ1n) is 1.39. The fraction of sp³-hybridized carbons (Fsp3) is 0. The number of halogens is 3. The second-order valence-corrected chi connectivity index (χ2v) is 2.95. The Bertz CT molecular complexity index is 43.4. The maximum absolute atomic E-state index is 8.52. The van der Waals surface area contributed by atoms with E-state index in [9.17, 15) is 0 Å². The Hall–Kier alpha value is 2.33. The van der Waals surface area contributed by atoms with E-state index < -0.39 is 44.4 Å². The third-order valence-electron chi connectivity index (χ3n) is 0. The Morgan fingerprint density at radius 2 is 0.385 bits per heavy atom. The molecule has 1 radical (unpaired) electrons. The van der Waals surface area contributed by atoms with Crippen LogP contribution >= 0.6 is 0 Å². The van der Waals surface area contributed by atoms with Crippen molar-refractivity contribution in [3.05, 3.63) is 0 Å². The Kier molecular flexibility index (Phi) is 37.4. The predicted molar refractivity (Wildman–Crippen MR) is 0 cm³/mol. The van der Waals surface area contributed by atoms with Crippen molar-refractivity contribution >= 4 is 0 Å². The van der Waals surface area contributed by atoms with Crippen LogP contribution < -0.4 is 37.8 Å². The van der Waals surface area contributed by atoms with Gasteiger partial charge in [0.25, 0.3) is 0 Å². The van der Waals surface area contributed by atoms with Gasteiger partial charge in [0.05, 0.1) is 0 Å². The summed E-state index contributed by atoms with van der Waals surface area (Å²) in [5.41, 5.74) is 0. The van der Waals surface area contributed by atoms with Crippen LogP contribution in [0.1, 0.15) is 0 Å². The van der Waals surface area contributed by atoms with Crippen molar-refractivity contribution in [3.8, 4) is 0 Å². The fourth-order valence-corrected chi connectivity index (χ4v) is 0. The SMILES string of the molecule is [Er+3].[O-][Br+2]([O-])[O-].[O-][Br+2]([O-])[O-].[O-][Br+2]([O-])[O-]. The average molecular weight is 551 g/mol. The molecule has 0 saturated carbocycles. The Morgan fingerprint density at radius 1 is 0.385 bits per heavy atom. The normalized spacial score (nSPS) is 8.31. The second kappa shape index (κ2) is 19.8. The van der Waals surface area contributed by atoms with E-state index in [0.29, 0.717) is 0 Å². The molecule has 0 aliphatic heterocycles. The van der Waals surface area contributed by atoms with Crippen molar-refractivity contribution in [1.29, 1.82) is 0 Å². The van der Waals surface area contributed by atoms with Crippen LogP contribution in [0.5, 0.6) is 0 Å². The summed E-state index contributed by atoms with van der Waals surface area (Å²) in [6.45, 7) is 0. The zero-order chi connectivity index (χ0) is 10.7. The van der Waals surface area contributed by atoms with Crippen LogP contribution in [0.3, 0.4) is 0 Å². The molecule has 0 atom stereocenters. The molecular formula is Br3ErO9. The number of rotatable bonds is 0. The van der Waals surface area contributed by atoms with Crippen LogP contribution in [0.2, 0.25) is 0 Å². The van der Waals surface area contributed by atoms with Gasteiger partial charge in [0.1, 0.15) is 0 Å². The summed E-state index contributed by atoms with van der Waals surface area (Å²) in [5, 5.41) is 0. The van der Waals surface area contributed by atoms with E-state index >= 15 is 0 Å². The van der Waals surface area contributed by atoms with E-state index in [-0.39, 0.29) is 37.3 Å². The van der Waals surface area contributed by atoms with E-state index in [2.05, 4.69) is 0 Å². The summed E-state index contributed by atoms with van der Waals surface area (Å²) in [5.74, 6) is 0. The third-order valence-corrected chi connectivity index (χ3v) is 0. The minimum absolute atomic E-state index is 0. The van der Waals surface area contributed by atoms with Crippen LogP contribution in [-0.4, -0.2) is 0 Å². The molecule has 0 aliphatic carbocycles. The molecule has 0 bridgehead atoms. The summed E-state index contributed by atoms with van der Waals surface area (Å²) in [7, 11) is 0. The van der Waals surface area contributed by atoms with Gasteiger partial charge < -0.3 is 37.8 Å². The molecule has 0 amide bonds. The number of hydrogen-bond acceptors (Lipinski definition) is 9. The van der Waals surface area contributed by atoms with Crippen molar-refractivity contribution in [3.63, 3.8) is 0 Å². The van der Waals surface area contributed by atoms with Crippen molar-refractivity contribution in [2.24, 2.45) is 0 Å². The molecule has 0 aliphatic rings. The monoisotopic (exact) mass is 547 g/mol. The standard InChI is InChI=1S/3BrO3.Er/c3*2-1(3)4;/q3*-1;+3. The minimum atomic E-state index is -3.65. The maximum Gasteiger partial charge on any atom is 3.00 e. The molecule has 0 aromatic heterocycles. The molecule has 13 heteroatoms. The van der Waals surface area contributed by atoms with Gasteiger partial charge in [-0.25, -0.2) is 0 Å². The van der Waals surface area contributed by atoms with Gasteiger partial charge in [0, 0.05) is 0 Å². The minimum Gasteiger partial charge on any atom is -0.405 e. The van der Waals surface area contributed by atoms with Gasteiger partial charge in [-0.2, -0.15) is 0 Å². The molecular weight excluding hydrogens is 551 g/mol. The van der Waals surface area contributed by atoms with E-state index in [1.807, 2.05) is 0 Å². The van der Waals surface area contributed by atoms with E-state index in [1.54, 1.807) is 0 Å². The summed E-state index contributed by atoms with van der Waals surface area (Å²) in [6.07, 6.45) is 0. The van der Waals surface area contributed by atoms with E-state index in [0.717, 1.165) is 0 Å². The van der Waals surface area contributed by atoms with E-state index in [4.69, 9.17) is 37.8 Å². The molecule has 0 aromatic carbocycles. The molecule has 0 fully saturated rings. The zero-order valence-electron chi connectivity index (χ0n) is 5.10. The molecule has 0 saturated heterocycles. The second-order valence-electron chi connectivity index (χ2n) is 0.567. The third kappa shape index (κ3) is 402. The van der Waals surface area contributed by atoms with Gasteiger partial charge in [0.15, 0.2) is 0 Å². The van der Waals surface area contributed by atoms with Crippen LogP contribution in [-0.2, 0) is 0 Å². The zero-order valence-corrected chi connectivity index (χ0v) is 11.7. The molecule has 0 unspecified atom stereocenters. The number of hydrogen-bond donors (Lipinski definition) is 0. The fourth-order valence-electron chi connectivity index (χ4n) is 0. The molecule has 0 rings (SSSR count). The van der Waals surface area contributed by atoms with Crippen LogP contribution in [0.4, 0.5) is 0 Å². The Labute approximate surface area is 118 Å². The quantitative estimate of drug-likeness (QED) is 0.280. The first-order chi connectivity index (χ1) is 5.20. The molecule has 0 spiro atoms. The van der Waals surface area contributed by atoms with Crippen molar-refractivity contribution in [2.75, 3.05) is 0 Å². The van der Waals surface area contributed by atoms with Gasteiger partial charge in [-0.05, 0) is 0 Å². The van der Waals surface area contributed by atoms with Gasteiger partial charge in [-0.3, -0.25) is 0 Å². The first kappa shape index (κ1) is 24.5. The van der Waals surface area contributed by atoms with Crippen molar-refractivity contribution in [1.82, 2.24) is 0 Å². The predicted octanol–water partition coefficient (Wildman–Crippen LogP) is -10.7. The topological polar surface area (TPSA) is 208 Å². The summed E-state index contributed by atoms with van der Waals surface area (Å²) in [6, 6.07) is 0. The summed E-state index contributed by atoms with van der Waals surface area (Å²) < 4.78 is 76.7.